The SMILES string of the molecule is O=C1CC[C@H]2[C@H](Cl)[C@@H](Cl)[C@@H]12. The van der Waals surface area contributed by atoms with E-state index in [4.69, 9.17) is 23.2 Å². The Labute approximate surface area is 69.7 Å². The Hall–Kier alpha value is 0.250. The van der Waals surface area contributed by atoms with Gasteiger partial charge in [0.1, 0.15) is 5.78 Å². The molecule has 0 bridgehead atoms. The van der Waals surface area contributed by atoms with E-state index in [0.29, 0.717) is 18.1 Å². The third kappa shape index (κ3) is 0.680. The molecule has 2 fully saturated rings. The van der Waals surface area contributed by atoms with Crippen molar-refractivity contribution in [3.63, 3.8) is 0 Å². The summed E-state index contributed by atoms with van der Waals surface area (Å²) in [5, 5.41) is -0.0280. The number of ketones is 1. The molecule has 0 aromatic rings. The molecule has 0 aromatic carbocycles. The highest BCUT2D eigenvalue weighted by atomic mass is 35.5. The third-order valence-electron chi connectivity index (χ3n) is 2.61. The fourth-order valence-corrected chi connectivity index (χ4v) is 2.91. The Balaban J connectivity index is 2.16. The number of fused-ring (bicyclic) bond motifs is 1. The van der Waals surface area contributed by atoms with Gasteiger partial charge in [-0.25, -0.2) is 0 Å². The van der Waals surface area contributed by atoms with E-state index in [1.807, 2.05) is 0 Å². The van der Waals surface area contributed by atoms with Gasteiger partial charge in [-0.3, -0.25) is 4.79 Å². The first kappa shape index (κ1) is 6.93. The van der Waals surface area contributed by atoms with Crippen molar-refractivity contribution in [1.82, 2.24) is 0 Å². The van der Waals surface area contributed by atoms with Crippen LogP contribution in [-0.4, -0.2) is 16.5 Å². The van der Waals surface area contributed by atoms with Gasteiger partial charge in [-0.05, 0) is 12.3 Å². The van der Waals surface area contributed by atoms with Gasteiger partial charge in [0.2, 0.25) is 0 Å². The smallest absolute Gasteiger partial charge is 0.137 e. The second-order valence-electron chi connectivity index (χ2n) is 3.08. The molecular weight excluding hydrogens is 171 g/mol. The Morgan fingerprint density at radius 1 is 1.30 bits per heavy atom. The van der Waals surface area contributed by atoms with E-state index in [0.717, 1.165) is 6.42 Å². The molecule has 0 heterocycles. The lowest BCUT2D eigenvalue weighted by Crippen LogP contribution is -2.48. The number of carbonyl (C=O) groups excluding carboxylic acids is 1. The molecule has 0 saturated heterocycles. The van der Waals surface area contributed by atoms with Gasteiger partial charge in [0.15, 0.2) is 0 Å². The summed E-state index contributed by atoms with van der Waals surface area (Å²) in [6.07, 6.45) is 1.66. The number of halogens is 2. The first-order chi connectivity index (χ1) is 4.72. The normalized spacial score (nSPS) is 52.4. The molecule has 56 valence electrons. The summed E-state index contributed by atoms with van der Waals surface area (Å²) in [4.78, 5) is 11.0. The summed E-state index contributed by atoms with van der Waals surface area (Å²) in [5.41, 5.74) is 0. The summed E-state index contributed by atoms with van der Waals surface area (Å²) in [7, 11) is 0. The number of Topliss-reactive ketones (excluding diaryl/α,β-unsaturated/α-hetero) is 1. The monoisotopic (exact) mass is 178 g/mol. The summed E-state index contributed by atoms with van der Waals surface area (Å²) >= 11 is 11.7. The van der Waals surface area contributed by atoms with Gasteiger partial charge in [0.25, 0.3) is 0 Å². The molecule has 0 radical (unpaired) electrons. The van der Waals surface area contributed by atoms with E-state index < -0.39 is 0 Å². The van der Waals surface area contributed by atoms with Crippen LogP contribution in [0.5, 0.6) is 0 Å². The van der Waals surface area contributed by atoms with E-state index >= 15 is 0 Å². The zero-order valence-corrected chi connectivity index (χ0v) is 6.90. The first-order valence-corrected chi connectivity index (χ1v) is 4.40. The van der Waals surface area contributed by atoms with E-state index in [1.165, 1.54) is 0 Å². The zero-order valence-electron chi connectivity index (χ0n) is 5.39. The quantitative estimate of drug-likeness (QED) is 0.518. The standard InChI is InChI=1S/C7H8Cl2O/c8-6-3-1-2-4(10)5(3)7(6)9/h3,5-7H,1-2H2/t3-,5-,6+,7+/m1/s1. The number of alkyl halides is 2. The second-order valence-corrected chi connectivity index (χ2v) is 4.09. The van der Waals surface area contributed by atoms with Crippen LogP contribution in [0.15, 0.2) is 0 Å². The highest BCUT2D eigenvalue weighted by Crippen LogP contribution is 2.50. The van der Waals surface area contributed by atoms with E-state index in [-0.39, 0.29) is 16.7 Å². The summed E-state index contributed by atoms with van der Waals surface area (Å²) in [5.74, 6) is 0.822. The molecule has 0 aromatic heterocycles. The fourth-order valence-electron chi connectivity index (χ4n) is 1.95. The van der Waals surface area contributed by atoms with Crippen molar-refractivity contribution in [3.05, 3.63) is 0 Å². The van der Waals surface area contributed by atoms with E-state index in [2.05, 4.69) is 0 Å². The molecule has 0 amide bonds. The van der Waals surface area contributed by atoms with Crippen LogP contribution >= 0.6 is 23.2 Å². The fraction of sp³-hybridized carbons (Fsp3) is 0.857. The van der Waals surface area contributed by atoms with Crippen molar-refractivity contribution in [2.45, 2.75) is 23.6 Å². The summed E-state index contributed by atoms with van der Waals surface area (Å²) in [6, 6.07) is 0. The van der Waals surface area contributed by atoms with E-state index in [9.17, 15) is 4.79 Å². The van der Waals surface area contributed by atoms with Crippen LogP contribution in [0.3, 0.4) is 0 Å². The van der Waals surface area contributed by atoms with Gasteiger partial charge >= 0.3 is 0 Å². The Morgan fingerprint density at radius 3 is 2.60 bits per heavy atom. The van der Waals surface area contributed by atoms with Crippen LogP contribution < -0.4 is 0 Å². The topological polar surface area (TPSA) is 17.1 Å². The molecule has 4 atom stereocenters. The molecule has 2 aliphatic carbocycles. The van der Waals surface area contributed by atoms with Crippen LogP contribution in [-0.2, 0) is 4.79 Å². The highest BCUT2D eigenvalue weighted by Gasteiger charge is 2.55. The van der Waals surface area contributed by atoms with Crippen molar-refractivity contribution >= 4 is 29.0 Å². The van der Waals surface area contributed by atoms with Gasteiger partial charge in [-0.2, -0.15) is 0 Å². The molecule has 10 heavy (non-hydrogen) atoms. The van der Waals surface area contributed by atoms with Crippen molar-refractivity contribution in [3.8, 4) is 0 Å². The maximum absolute atomic E-state index is 11.0. The maximum Gasteiger partial charge on any atom is 0.137 e. The molecule has 0 unspecified atom stereocenters. The summed E-state index contributed by atoms with van der Waals surface area (Å²) in [6.45, 7) is 0. The van der Waals surface area contributed by atoms with Crippen molar-refractivity contribution in [2.24, 2.45) is 11.8 Å². The minimum Gasteiger partial charge on any atom is -0.299 e. The van der Waals surface area contributed by atoms with Crippen molar-refractivity contribution < 1.29 is 4.79 Å². The predicted molar refractivity (Wildman–Crippen MR) is 40.5 cm³/mol. The molecule has 0 N–H and O–H groups in total. The maximum atomic E-state index is 11.0. The van der Waals surface area contributed by atoms with Crippen LogP contribution in [0.25, 0.3) is 0 Å². The number of hydrogen-bond donors (Lipinski definition) is 0. The van der Waals surface area contributed by atoms with Gasteiger partial charge < -0.3 is 0 Å². The first-order valence-electron chi connectivity index (χ1n) is 3.52. The Kier molecular flexibility index (Phi) is 1.47. The Morgan fingerprint density at radius 2 is 2.00 bits per heavy atom. The number of rotatable bonds is 0. The number of hydrogen-bond acceptors (Lipinski definition) is 1. The summed E-state index contributed by atoms with van der Waals surface area (Å²) < 4.78 is 0. The molecule has 2 saturated carbocycles. The van der Waals surface area contributed by atoms with Gasteiger partial charge in [0.05, 0.1) is 10.8 Å². The van der Waals surface area contributed by atoms with Gasteiger partial charge in [-0.1, -0.05) is 0 Å². The van der Waals surface area contributed by atoms with Gasteiger partial charge in [-0.15, -0.1) is 23.2 Å². The number of carbonyl (C=O) groups is 1. The van der Waals surface area contributed by atoms with Crippen molar-refractivity contribution in [1.29, 1.82) is 0 Å². The predicted octanol–water partition coefficient (Wildman–Crippen LogP) is 1.81. The molecule has 2 aliphatic rings. The molecule has 2 rings (SSSR count). The second kappa shape index (κ2) is 2.12. The lowest BCUT2D eigenvalue weighted by molar-refractivity contribution is -0.122. The highest BCUT2D eigenvalue weighted by molar-refractivity contribution is 6.33. The third-order valence-corrected chi connectivity index (χ3v) is 3.88. The molecule has 1 nitrogen and oxygen atoms in total. The minimum atomic E-state index is -0.0818. The molecule has 0 spiro atoms. The van der Waals surface area contributed by atoms with E-state index in [1.54, 1.807) is 0 Å². The largest absolute Gasteiger partial charge is 0.299 e. The molecule has 3 heteroatoms. The molecule has 0 aliphatic heterocycles. The van der Waals surface area contributed by atoms with Crippen LogP contribution in [0, 0.1) is 11.8 Å². The average Bonchev–Trinajstić information content (AvgIpc) is 2.27. The van der Waals surface area contributed by atoms with Crippen molar-refractivity contribution in [2.75, 3.05) is 0 Å². The lowest BCUT2D eigenvalue weighted by Gasteiger charge is -2.40. The lowest BCUT2D eigenvalue weighted by atomic mass is 9.75. The zero-order chi connectivity index (χ0) is 7.30. The average molecular weight is 179 g/mol. The minimum absolute atomic E-state index is 0.0538. The molecular formula is C7H8Cl2O. The van der Waals surface area contributed by atoms with Crippen LogP contribution in [0.4, 0.5) is 0 Å². The van der Waals surface area contributed by atoms with Crippen LogP contribution in [0.1, 0.15) is 12.8 Å². The van der Waals surface area contributed by atoms with Gasteiger partial charge in [0, 0.05) is 12.3 Å². The van der Waals surface area contributed by atoms with Crippen LogP contribution in [0.2, 0.25) is 0 Å². The Bertz CT molecular complexity index is 180.